The third kappa shape index (κ3) is 4.77. The lowest BCUT2D eigenvalue weighted by Gasteiger charge is -2.22. The van der Waals surface area contributed by atoms with Gasteiger partial charge < -0.3 is 16.7 Å². The molecule has 1 aromatic heterocycles. The molecule has 1 saturated heterocycles. The summed E-state index contributed by atoms with van der Waals surface area (Å²) in [4.78, 5) is 6.41. The first-order valence-corrected chi connectivity index (χ1v) is 10.4. The average Bonchev–Trinajstić information content (AvgIpc) is 3.22. The molecule has 2 aromatic carbocycles. The number of anilines is 2. The van der Waals surface area contributed by atoms with Gasteiger partial charge in [0.05, 0.1) is 17.4 Å². The smallest absolute Gasteiger partial charge is 0.183 e. The van der Waals surface area contributed by atoms with Crippen molar-refractivity contribution in [3.05, 3.63) is 77.5 Å². The van der Waals surface area contributed by atoms with Gasteiger partial charge in [-0.2, -0.15) is 5.10 Å². The Balaban J connectivity index is 1.60. The Kier molecular flexibility index (Phi) is 6.50. The summed E-state index contributed by atoms with van der Waals surface area (Å²) in [6, 6.07) is 13.2. The Hall–Kier alpha value is -3.60. The molecule has 0 amide bonds. The van der Waals surface area contributed by atoms with E-state index in [0.717, 1.165) is 47.3 Å². The summed E-state index contributed by atoms with van der Waals surface area (Å²) < 4.78 is 27.9. The summed E-state index contributed by atoms with van der Waals surface area (Å²) in [5.74, 6) is 9.39. The van der Waals surface area contributed by atoms with E-state index in [1.165, 1.54) is 12.1 Å². The standard InChI is InChI=1S/C23H25F2N7O/c24-19-2-1-3-20(21(19)25)32(28)23(30-27)18-10-16(11-29-22(18)26)15-6-4-14(5-7-15)12-31-9-8-17(33)13-31/h1-7,10-11,17,33H,8-9,12-13,27-28H2,(H2,26,29)/b30-23-. The highest BCUT2D eigenvalue weighted by Gasteiger charge is 2.22. The van der Waals surface area contributed by atoms with Crippen molar-refractivity contribution in [2.75, 3.05) is 23.8 Å². The van der Waals surface area contributed by atoms with Gasteiger partial charge in [-0.05, 0) is 35.7 Å². The van der Waals surface area contributed by atoms with Gasteiger partial charge in [0.2, 0.25) is 0 Å². The van der Waals surface area contributed by atoms with Crippen molar-refractivity contribution in [2.45, 2.75) is 19.1 Å². The van der Waals surface area contributed by atoms with Gasteiger partial charge in [0, 0.05) is 31.4 Å². The predicted octanol–water partition coefficient (Wildman–Crippen LogP) is 2.18. The molecule has 10 heteroatoms. The number of nitrogens with two attached hydrogens (primary N) is 3. The fraction of sp³-hybridized carbons (Fsp3) is 0.217. The van der Waals surface area contributed by atoms with E-state index in [2.05, 4.69) is 15.0 Å². The number of hydrazone groups is 1. The number of rotatable bonds is 5. The molecule has 3 aromatic rings. The number of hydrogen-bond acceptors (Lipinski definition) is 7. The highest BCUT2D eigenvalue weighted by molar-refractivity contribution is 6.12. The Morgan fingerprint density at radius 1 is 1.18 bits per heavy atom. The van der Waals surface area contributed by atoms with E-state index in [0.29, 0.717) is 6.54 Å². The van der Waals surface area contributed by atoms with Gasteiger partial charge in [-0.3, -0.25) is 9.91 Å². The number of aliphatic hydroxyl groups is 1. The molecule has 8 nitrogen and oxygen atoms in total. The second-order valence-corrected chi connectivity index (χ2v) is 7.93. The summed E-state index contributed by atoms with van der Waals surface area (Å²) in [6.07, 6.45) is 2.13. The van der Waals surface area contributed by atoms with E-state index >= 15 is 0 Å². The van der Waals surface area contributed by atoms with Gasteiger partial charge in [-0.25, -0.2) is 19.6 Å². The molecule has 0 spiro atoms. The summed E-state index contributed by atoms with van der Waals surface area (Å²) in [6.45, 7) is 2.31. The molecule has 1 atom stereocenters. The average molecular weight is 453 g/mol. The van der Waals surface area contributed by atoms with Gasteiger partial charge in [0.15, 0.2) is 17.5 Å². The molecule has 1 unspecified atom stereocenters. The first kappa shape index (κ1) is 22.6. The minimum atomic E-state index is -1.13. The van der Waals surface area contributed by atoms with Crippen molar-refractivity contribution in [3.63, 3.8) is 0 Å². The van der Waals surface area contributed by atoms with E-state index in [9.17, 15) is 13.9 Å². The number of amidine groups is 1. The maximum absolute atomic E-state index is 14.3. The number of aromatic nitrogens is 1. The van der Waals surface area contributed by atoms with Crippen molar-refractivity contribution >= 4 is 17.3 Å². The lowest BCUT2D eigenvalue weighted by atomic mass is 10.0. The zero-order chi connectivity index (χ0) is 23.5. The van der Waals surface area contributed by atoms with Crippen LogP contribution in [0.3, 0.4) is 0 Å². The Bertz CT molecular complexity index is 1170. The van der Waals surface area contributed by atoms with Crippen LogP contribution in [0.5, 0.6) is 0 Å². The normalized spacial score (nSPS) is 16.8. The SMILES string of the molecule is N/N=C(/c1cc(-c2ccc(CN3CCC(O)C3)cc2)cnc1N)N(N)c1cccc(F)c1F. The molecule has 0 bridgehead atoms. The molecular weight excluding hydrogens is 428 g/mol. The van der Waals surface area contributed by atoms with Crippen molar-refractivity contribution in [1.82, 2.24) is 9.88 Å². The lowest BCUT2D eigenvalue weighted by molar-refractivity contribution is 0.175. The van der Waals surface area contributed by atoms with Crippen LogP contribution in [0.15, 0.2) is 59.8 Å². The monoisotopic (exact) mass is 453 g/mol. The zero-order valence-corrected chi connectivity index (χ0v) is 17.8. The highest BCUT2D eigenvalue weighted by Crippen LogP contribution is 2.26. The number of benzene rings is 2. The maximum Gasteiger partial charge on any atom is 0.183 e. The number of likely N-dealkylation sites (tertiary alicyclic amines) is 1. The molecule has 0 aliphatic carbocycles. The summed E-state index contributed by atoms with van der Waals surface area (Å²) >= 11 is 0. The van der Waals surface area contributed by atoms with E-state index in [-0.39, 0.29) is 29.0 Å². The van der Waals surface area contributed by atoms with E-state index < -0.39 is 11.6 Å². The molecule has 4 rings (SSSR count). The molecule has 0 radical (unpaired) electrons. The number of aliphatic hydroxyl groups excluding tert-OH is 1. The summed E-state index contributed by atoms with van der Waals surface area (Å²) in [7, 11) is 0. The van der Waals surface area contributed by atoms with Crippen molar-refractivity contribution in [1.29, 1.82) is 0 Å². The molecular formula is C23H25F2N7O. The van der Waals surface area contributed by atoms with Crippen LogP contribution in [-0.4, -0.2) is 40.0 Å². The highest BCUT2D eigenvalue weighted by atomic mass is 19.2. The van der Waals surface area contributed by atoms with Crippen LogP contribution >= 0.6 is 0 Å². The Morgan fingerprint density at radius 3 is 2.61 bits per heavy atom. The van der Waals surface area contributed by atoms with E-state index in [4.69, 9.17) is 17.4 Å². The van der Waals surface area contributed by atoms with Crippen LogP contribution in [0.2, 0.25) is 0 Å². The van der Waals surface area contributed by atoms with Crippen LogP contribution < -0.4 is 22.4 Å². The van der Waals surface area contributed by atoms with Crippen LogP contribution in [0, 0.1) is 11.6 Å². The molecule has 2 heterocycles. The fourth-order valence-electron chi connectivity index (χ4n) is 3.88. The van der Waals surface area contributed by atoms with Gasteiger partial charge in [-0.1, -0.05) is 30.3 Å². The lowest BCUT2D eigenvalue weighted by Crippen LogP contribution is -2.40. The molecule has 1 aliphatic rings. The molecule has 1 aliphatic heterocycles. The zero-order valence-electron chi connectivity index (χ0n) is 17.8. The van der Waals surface area contributed by atoms with Crippen LogP contribution in [0.4, 0.5) is 20.3 Å². The number of hydrogen-bond donors (Lipinski definition) is 4. The molecule has 7 N–H and O–H groups in total. The largest absolute Gasteiger partial charge is 0.392 e. The third-order valence-corrected chi connectivity index (χ3v) is 5.64. The number of pyridine rings is 1. The van der Waals surface area contributed by atoms with E-state index in [1.807, 2.05) is 24.3 Å². The molecule has 1 fully saturated rings. The van der Waals surface area contributed by atoms with Crippen molar-refractivity contribution in [3.8, 4) is 11.1 Å². The van der Waals surface area contributed by atoms with Gasteiger partial charge >= 0.3 is 0 Å². The van der Waals surface area contributed by atoms with Gasteiger partial charge in [-0.15, -0.1) is 0 Å². The third-order valence-electron chi connectivity index (χ3n) is 5.64. The number of β-amino-alcohol motifs (C(OH)–C–C–N with tert-alkyl or cyclic N) is 1. The Labute approximate surface area is 189 Å². The second kappa shape index (κ2) is 9.49. The predicted molar refractivity (Wildman–Crippen MR) is 124 cm³/mol. The first-order chi connectivity index (χ1) is 15.9. The van der Waals surface area contributed by atoms with Crippen molar-refractivity contribution in [2.24, 2.45) is 16.8 Å². The molecule has 172 valence electrons. The van der Waals surface area contributed by atoms with Gasteiger partial charge in [0.1, 0.15) is 5.82 Å². The minimum absolute atomic E-state index is 0.0736. The second-order valence-electron chi connectivity index (χ2n) is 7.93. The van der Waals surface area contributed by atoms with E-state index in [1.54, 1.807) is 12.3 Å². The quantitative estimate of drug-likeness (QED) is 0.202. The van der Waals surface area contributed by atoms with Crippen LogP contribution in [0.1, 0.15) is 17.5 Å². The van der Waals surface area contributed by atoms with Gasteiger partial charge in [0.25, 0.3) is 0 Å². The minimum Gasteiger partial charge on any atom is -0.392 e. The molecule has 33 heavy (non-hydrogen) atoms. The first-order valence-electron chi connectivity index (χ1n) is 10.4. The maximum atomic E-state index is 14.3. The summed E-state index contributed by atoms with van der Waals surface area (Å²) in [5, 5.41) is 14.2. The van der Waals surface area contributed by atoms with Crippen molar-refractivity contribution < 1.29 is 13.9 Å². The Morgan fingerprint density at radius 2 is 1.94 bits per heavy atom. The number of hydrazine groups is 1. The van der Waals surface area contributed by atoms with Crippen LogP contribution in [-0.2, 0) is 6.54 Å². The molecule has 0 saturated carbocycles. The topological polar surface area (TPSA) is 130 Å². The number of nitrogen functional groups attached to an aromatic ring is 1. The van der Waals surface area contributed by atoms with Crippen LogP contribution in [0.25, 0.3) is 11.1 Å². The fourth-order valence-corrected chi connectivity index (χ4v) is 3.88. The number of nitrogens with zero attached hydrogens (tertiary/aromatic N) is 4. The number of halogens is 2. The summed E-state index contributed by atoms with van der Waals surface area (Å²) in [5.41, 5.74) is 8.76.